The van der Waals surface area contributed by atoms with Gasteiger partial charge in [0.05, 0.1) is 4.47 Å². The van der Waals surface area contributed by atoms with Crippen molar-refractivity contribution in [3.63, 3.8) is 0 Å². The van der Waals surface area contributed by atoms with Gasteiger partial charge in [0.1, 0.15) is 11.5 Å². The summed E-state index contributed by atoms with van der Waals surface area (Å²) in [4.78, 5) is 15.6. The summed E-state index contributed by atoms with van der Waals surface area (Å²) in [5, 5.41) is 18.9. The third-order valence-corrected chi connectivity index (χ3v) is 4.43. The van der Waals surface area contributed by atoms with Crippen molar-refractivity contribution in [1.82, 2.24) is 19.9 Å². The van der Waals surface area contributed by atoms with E-state index in [0.29, 0.717) is 27.6 Å². The third kappa shape index (κ3) is 7.74. The van der Waals surface area contributed by atoms with Crippen LogP contribution in [-0.4, -0.2) is 37.1 Å². The first kappa shape index (κ1) is 23.9. The van der Waals surface area contributed by atoms with Crippen molar-refractivity contribution >= 4 is 51.7 Å². The molecule has 0 amide bonds. The van der Waals surface area contributed by atoms with Crippen molar-refractivity contribution in [2.75, 3.05) is 0 Å². The summed E-state index contributed by atoms with van der Waals surface area (Å²) in [6.07, 6.45) is 5.79. The van der Waals surface area contributed by atoms with E-state index < -0.39 is 7.12 Å². The normalized spacial score (nSPS) is 10.0. The molecule has 0 fully saturated rings. The van der Waals surface area contributed by atoms with Gasteiger partial charge in [0, 0.05) is 40.3 Å². The van der Waals surface area contributed by atoms with Crippen molar-refractivity contribution < 1.29 is 19.5 Å². The highest BCUT2D eigenvalue weighted by molar-refractivity contribution is 9.10. The molecule has 2 aromatic heterocycles. The Labute approximate surface area is 202 Å². The summed E-state index contributed by atoms with van der Waals surface area (Å²) in [7, 11) is -1.59. The zero-order valence-electron chi connectivity index (χ0n) is 16.1. The number of hydrogen-bond acceptors (Lipinski definition) is 8. The van der Waals surface area contributed by atoms with Gasteiger partial charge in [-0.1, -0.05) is 35.3 Å². The molecule has 0 radical (unpaired) electrons. The van der Waals surface area contributed by atoms with Crippen LogP contribution < -0.4 is 14.9 Å². The number of rotatable bonds is 5. The van der Waals surface area contributed by atoms with E-state index in [1.807, 2.05) is 0 Å². The number of benzene rings is 2. The predicted molar refractivity (Wildman–Crippen MR) is 125 cm³/mol. The maximum atomic E-state index is 8.86. The van der Waals surface area contributed by atoms with E-state index in [4.69, 9.17) is 42.7 Å². The van der Waals surface area contributed by atoms with Crippen LogP contribution in [0.2, 0.25) is 10.0 Å². The van der Waals surface area contributed by atoms with E-state index in [1.165, 1.54) is 12.4 Å². The minimum atomic E-state index is -1.59. The molecule has 0 saturated heterocycles. The quantitative estimate of drug-likeness (QED) is 0.364. The Balaban J connectivity index is 0.000000182. The second kappa shape index (κ2) is 11.7. The van der Waals surface area contributed by atoms with Gasteiger partial charge in [0.2, 0.25) is 0 Å². The van der Waals surface area contributed by atoms with Crippen molar-refractivity contribution in [3.8, 4) is 23.5 Å². The Morgan fingerprint density at radius 1 is 0.719 bits per heavy atom. The van der Waals surface area contributed by atoms with Gasteiger partial charge in [-0.3, -0.25) is 0 Å². The molecule has 8 nitrogen and oxygen atoms in total. The number of ether oxygens (including phenoxy) is 2. The van der Waals surface area contributed by atoms with Crippen LogP contribution in [0.25, 0.3) is 0 Å². The summed E-state index contributed by atoms with van der Waals surface area (Å²) in [5.41, 5.74) is 0.198. The van der Waals surface area contributed by atoms with Crippen LogP contribution in [0.4, 0.5) is 0 Å². The van der Waals surface area contributed by atoms with Crippen LogP contribution in [0.15, 0.2) is 77.8 Å². The molecule has 12 heteroatoms. The summed E-state index contributed by atoms with van der Waals surface area (Å²) in [6, 6.07) is 14.3. The minimum Gasteiger partial charge on any atom is -0.424 e. The average Bonchev–Trinajstić information content (AvgIpc) is 2.76. The topological polar surface area (TPSA) is 110 Å². The number of nitrogens with zero attached hydrogens (tertiary/aromatic N) is 4. The predicted octanol–water partition coefficient (Wildman–Crippen LogP) is 4.29. The van der Waals surface area contributed by atoms with Crippen LogP contribution in [0.3, 0.4) is 0 Å². The third-order valence-electron chi connectivity index (χ3n) is 3.55. The summed E-state index contributed by atoms with van der Waals surface area (Å²) < 4.78 is 11.5. The highest BCUT2D eigenvalue weighted by Crippen LogP contribution is 2.22. The first-order valence-electron chi connectivity index (χ1n) is 8.91. The van der Waals surface area contributed by atoms with Crippen LogP contribution in [-0.2, 0) is 0 Å². The highest BCUT2D eigenvalue weighted by Gasteiger charge is 2.12. The van der Waals surface area contributed by atoms with Crippen molar-refractivity contribution in [1.29, 1.82) is 0 Å². The Hall–Kier alpha value is -2.76. The standard InChI is InChI=1S/C10H8BClN2O3.C10H6BrClN2O/c12-8-2-1-3-9(4-8)17-10-13-5-7(6-14-10)11(15)16;11-7-5-13-10(14-6-7)15-9-3-1-2-8(12)4-9/h1-6,15-16H;1-6H. The fourth-order valence-corrected chi connectivity index (χ4v) is 2.70. The van der Waals surface area contributed by atoms with E-state index >= 15 is 0 Å². The van der Waals surface area contributed by atoms with E-state index in [1.54, 1.807) is 60.9 Å². The van der Waals surface area contributed by atoms with Gasteiger partial charge < -0.3 is 19.5 Å². The fourth-order valence-electron chi connectivity index (χ4n) is 2.14. The summed E-state index contributed by atoms with van der Waals surface area (Å²) >= 11 is 14.8. The lowest BCUT2D eigenvalue weighted by Gasteiger charge is -2.04. The second-order valence-corrected chi connectivity index (χ2v) is 7.76. The molecule has 2 aromatic carbocycles. The molecule has 0 spiro atoms. The molecule has 0 saturated carbocycles. The van der Waals surface area contributed by atoms with E-state index in [-0.39, 0.29) is 11.5 Å². The maximum Gasteiger partial charge on any atom is 0.491 e. The van der Waals surface area contributed by atoms with Crippen molar-refractivity contribution in [2.45, 2.75) is 0 Å². The van der Waals surface area contributed by atoms with Crippen molar-refractivity contribution in [3.05, 3.63) is 87.8 Å². The maximum absolute atomic E-state index is 8.86. The molecule has 162 valence electrons. The van der Waals surface area contributed by atoms with Crippen LogP contribution in [0, 0.1) is 0 Å². The first-order valence-corrected chi connectivity index (χ1v) is 10.5. The minimum absolute atomic E-state index is 0.108. The molecule has 0 bridgehead atoms. The molecule has 4 aromatic rings. The zero-order valence-corrected chi connectivity index (χ0v) is 19.2. The van der Waals surface area contributed by atoms with Gasteiger partial charge in [-0.15, -0.1) is 0 Å². The molecular formula is C20H14BBrCl2N4O4. The molecule has 0 aliphatic carbocycles. The molecule has 0 aliphatic rings. The van der Waals surface area contributed by atoms with E-state index in [2.05, 4.69) is 35.9 Å². The van der Waals surface area contributed by atoms with Gasteiger partial charge in [-0.25, -0.2) is 19.9 Å². The molecule has 2 N–H and O–H groups in total. The molecule has 0 aliphatic heterocycles. The lowest BCUT2D eigenvalue weighted by molar-refractivity contribution is 0.423. The van der Waals surface area contributed by atoms with E-state index in [0.717, 1.165) is 4.47 Å². The summed E-state index contributed by atoms with van der Waals surface area (Å²) in [6.45, 7) is 0. The van der Waals surface area contributed by atoms with Gasteiger partial charge in [-0.05, 0) is 52.3 Å². The smallest absolute Gasteiger partial charge is 0.424 e. The van der Waals surface area contributed by atoms with E-state index in [9.17, 15) is 0 Å². The van der Waals surface area contributed by atoms with Crippen LogP contribution in [0.5, 0.6) is 23.5 Å². The van der Waals surface area contributed by atoms with Gasteiger partial charge in [-0.2, -0.15) is 0 Å². The monoisotopic (exact) mass is 534 g/mol. The molecule has 0 unspecified atom stereocenters. The molecule has 4 rings (SSSR count). The van der Waals surface area contributed by atoms with Crippen molar-refractivity contribution in [2.24, 2.45) is 0 Å². The lowest BCUT2D eigenvalue weighted by atomic mass is 9.83. The molecular weight excluding hydrogens is 522 g/mol. The Kier molecular flexibility index (Phi) is 8.77. The number of aromatic nitrogens is 4. The fraction of sp³-hybridized carbons (Fsp3) is 0. The van der Waals surface area contributed by atoms with Crippen LogP contribution >= 0.6 is 39.1 Å². The molecule has 2 heterocycles. The zero-order chi connectivity index (χ0) is 22.9. The molecule has 32 heavy (non-hydrogen) atoms. The van der Waals surface area contributed by atoms with Gasteiger partial charge in [0.15, 0.2) is 0 Å². The first-order chi connectivity index (χ1) is 15.4. The van der Waals surface area contributed by atoms with Crippen LogP contribution in [0.1, 0.15) is 0 Å². The van der Waals surface area contributed by atoms with Gasteiger partial charge in [0.25, 0.3) is 0 Å². The Morgan fingerprint density at radius 3 is 1.56 bits per heavy atom. The Morgan fingerprint density at radius 2 is 1.16 bits per heavy atom. The summed E-state index contributed by atoms with van der Waals surface area (Å²) in [5.74, 6) is 1.12. The average molecular weight is 536 g/mol. The number of hydrogen-bond donors (Lipinski definition) is 2. The highest BCUT2D eigenvalue weighted by atomic mass is 79.9. The Bertz CT molecular complexity index is 1150. The second-order valence-electron chi connectivity index (χ2n) is 5.98. The largest absolute Gasteiger partial charge is 0.491 e. The SMILES string of the molecule is Clc1cccc(Oc2ncc(Br)cn2)c1.OB(O)c1cnc(Oc2cccc(Cl)c2)nc1. The van der Waals surface area contributed by atoms with Gasteiger partial charge >= 0.3 is 19.1 Å². The molecule has 0 atom stereocenters. The number of halogens is 3. The lowest BCUT2D eigenvalue weighted by Crippen LogP contribution is -2.30.